The van der Waals surface area contributed by atoms with Crippen LogP contribution < -0.4 is 0 Å². The van der Waals surface area contributed by atoms with Gasteiger partial charge in [0, 0.05) is 13.1 Å². The van der Waals surface area contributed by atoms with Gasteiger partial charge in [-0.3, -0.25) is 5.41 Å². The van der Waals surface area contributed by atoms with Crippen molar-refractivity contribution in [2.75, 3.05) is 13.1 Å². The third-order valence-corrected chi connectivity index (χ3v) is 3.47. The number of amidine groups is 1. The van der Waals surface area contributed by atoms with Crippen LogP contribution in [0, 0.1) is 5.41 Å². The lowest BCUT2D eigenvalue weighted by atomic mass is 10.4. The minimum atomic E-state index is 0.634. The van der Waals surface area contributed by atoms with Gasteiger partial charge in [-0.25, -0.2) is 0 Å². The van der Waals surface area contributed by atoms with Gasteiger partial charge in [-0.15, -0.1) is 11.3 Å². The fraction of sp³-hybridized carbons (Fsp3) is 0.444. The predicted octanol–water partition coefficient (Wildman–Crippen LogP) is 2.82. The average Bonchev–Trinajstić information content (AvgIpc) is 2.72. The molecule has 0 spiro atoms. The molecule has 0 atom stereocenters. The Bertz CT molecular complexity index is 315. The van der Waals surface area contributed by atoms with Gasteiger partial charge in [0.1, 0.15) is 5.84 Å². The number of rotatable bonds is 1. The van der Waals surface area contributed by atoms with E-state index in [1.807, 2.05) is 12.1 Å². The van der Waals surface area contributed by atoms with E-state index in [-0.39, 0.29) is 0 Å². The number of thiophene rings is 1. The molecule has 0 aromatic carbocycles. The molecule has 0 amide bonds. The van der Waals surface area contributed by atoms with Crippen molar-refractivity contribution in [1.29, 1.82) is 5.41 Å². The van der Waals surface area contributed by atoms with Crippen molar-refractivity contribution in [3.8, 4) is 0 Å². The van der Waals surface area contributed by atoms with E-state index in [4.69, 9.17) is 17.0 Å². The van der Waals surface area contributed by atoms with Crippen molar-refractivity contribution in [2.24, 2.45) is 0 Å². The van der Waals surface area contributed by atoms with Crippen LogP contribution >= 0.6 is 22.9 Å². The summed E-state index contributed by atoms with van der Waals surface area (Å²) in [7, 11) is 0. The molecule has 4 heteroatoms. The fourth-order valence-corrected chi connectivity index (χ4v) is 2.56. The van der Waals surface area contributed by atoms with Crippen LogP contribution in [0.15, 0.2) is 12.1 Å². The first kappa shape index (κ1) is 9.03. The summed E-state index contributed by atoms with van der Waals surface area (Å²) < 4.78 is 0.763. The SMILES string of the molecule is N=C(c1ccc(Cl)s1)N1CCCC1. The molecule has 1 aromatic heterocycles. The topological polar surface area (TPSA) is 27.1 Å². The lowest BCUT2D eigenvalue weighted by Gasteiger charge is -2.16. The first-order valence-electron chi connectivity index (χ1n) is 4.36. The maximum Gasteiger partial charge on any atom is 0.138 e. The average molecular weight is 215 g/mol. The van der Waals surface area contributed by atoms with Gasteiger partial charge < -0.3 is 4.90 Å². The Morgan fingerprint density at radius 3 is 2.62 bits per heavy atom. The Morgan fingerprint density at radius 2 is 2.08 bits per heavy atom. The van der Waals surface area contributed by atoms with E-state index < -0.39 is 0 Å². The first-order valence-corrected chi connectivity index (χ1v) is 5.56. The minimum Gasteiger partial charge on any atom is -0.356 e. The monoisotopic (exact) mass is 214 g/mol. The Balaban J connectivity index is 2.12. The van der Waals surface area contributed by atoms with Gasteiger partial charge in [0.2, 0.25) is 0 Å². The summed E-state index contributed by atoms with van der Waals surface area (Å²) >= 11 is 7.30. The highest BCUT2D eigenvalue weighted by Crippen LogP contribution is 2.23. The normalized spacial score (nSPS) is 16.5. The zero-order valence-electron chi connectivity index (χ0n) is 7.22. The molecule has 2 nitrogen and oxygen atoms in total. The largest absolute Gasteiger partial charge is 0.356 e. The zero-order valence-corrected chi connectivity index (χ0v) is 8.79. The standard InChI is InChI=1S/C9H11ClN2S/c10-8-4-3-7(13-8)9(11)12-5-1-2-6-12/h3-4,11H,1-2,5-6H2. The van der Waals surface area contributed by atoms with Gasteiger partial charge in [0.25, 0.3) is 0 Å². The van der Waals surface area contributed by atoms with Crippen LogP contribution in [-0.4, -0.2) is 23.8 Å². The van der Waals surface area contributed by atoms with Gasteiger partial charge >= 0.3 is 0 Å². The maximum absolute atomic E-state index is 7.92. The number of likely N-dealkylation sites (tertiary alicyclic amines) is 1. The van der Waals surface area contributed by atoms with Crippen LogP contribution in [0.2, 0.25) is 4.34 Å². The summed E-state index contributed by atoms with van der Waals surface area (Å²) in [5.74, 6) is 0.634. The van der Waals surface area contributed by atoms with E-state index in [9.17, 15) is 0 Å². The molecule has 0 bridgehead atoms. The molecule has 1 aliphatic rings. The van der Waals surface area contributed by atoms with Crippen LogP contribution in [0.25, 0.3) is 0 Å². The van der Waals surface area contributed by atoms with E-state index in [2.05, 4.69) is 4.90 Å². The maximum atomic E-state index is 7.92. The number of nitrogens with zero attached hydrogens (tertiary/aromatic N) is 1. The summed E-state index contributed by atoms with van der Waals surface area (Å²) in [6.07, 6.45) is 2.42. The molecule has 2 heterocycles. The van der Waals surface area contributed by atoms with E-state index in [1.165, 1.54) is 24.2 Å². The lowest BCUT2D eigenvalue weighted by Crippen LogP contribution is -2.26. The van der Waals surface area contributed by atoms with Crippen molar-refractivity contribution < 1.29 is 0 Å². The number of hydrogen-bond acceptors (Lipinski definition) is 2. The minimum absolute atomic E-state index is 0.634. The van der Waals surface area contributed by atoms with Gasteiger partial charge in [-0.2, -0.15) is 0 Å². The summed E-state index contributed by atoms with van der Waals surface area (Å²) in [5.41, 5.74) is 0. The molecule has 2 rings (SSSR count). The molecule has 13 heavy (non-hydrogen) atoms. The molecule has 0 unspecified atom stereocenters. The number of hydrogen-bond donors (Lipinski definition) is 1. The van der Waals surface area contributed by atoms with E-state index >= 15 is 0 Å². The second-order valence-corrected chi connectivity index (χ2v) is 4.86. The van der Waals surface area contributed by atoms with Crippen molar-refractivity contribution in [3.63, 3.8) is 0 Å². The van der Waals surface area contributed by atoms with E-state index in [1.54, 1.807) is 0 Å². The van der Waals surface area contributed by atoms with Gasteiger partial charge in [-0.1, -0.05) is 11.6 Å². The molecule has 1 aromatic rings. The van der Waals surface area contributed by atoms with Gasteiger partial charge in [-0.05, 0) is 25.0 Å². The van der Waals surface area contributed by atoms with Crippen LogP contribution in [0.5, 0.6) is 0 Å². The predicted molar refractivity (Wildman–Crippen MR) is 57.0 cm³/mol. The van der Waals surface area contributed by atoms with Crippen molar-refractivity contribution in [1.82, 2.24) is 4.90 Å². The molecule has 70 valence electrons. The van der Waals surface area contributed by atoms with Gasteiger partial charge in [0.15, 0.2) is 0 Å². The summed E-state index contributed by atoms with van der Waals surface area (Å²) in [6.45, 7) is 2.04. The zero-order chi connectivity index (χ0) is 9.26. The quantitative estimate of drug-likeness (QED) is 0.565. The van der Waals surface area contributed by atoms with Crippen LogP contribution in [0.3, 0.4) is 0 Å². The highest BCUT2D eigenvalue weighted by atomic mass is 35.5. The second kappa shape index (κ2) is 3.68. The van der Waals surface area contributed by atoms with Crippen molar-refractivity contribution in [2.45, 2.75) is 12.8 Å². The van der Waals surface area contributed by atoms with E-state index in [0.717, 1.165) is 22.3 Å². The Labute approximate surface area is 86.6 Å². The van der Waals surface area contributed by atoms with Crippen molar-refractivity contribution in [3.05, 3.63) is 21.3 Å². The number of halogens is 1. The summed E-state index contributed by atoms with van der Waals surface area (Å²) in [4.78, 5) is 3.09. The van der Waals surface area contributed by atoms with E-state index in [0.29, 0.717) is 5.84 Å². The molecule has 1 fully saturated rings. The molecule has 0 aliphatic carbocycles. The summed E-state index contributed by atoms with van der Waals surface area (Å²) in [6, 6.07) is 3.78. The Morgan fingerprint density at radius 1 is 1.38 bits per heavy atom. The molecular weight excluding hydrogens is 204 g/mol. The summed E-state index contributed by atoms with van der Waals surface area (Å²) in [5, 5.41) is 7.92. The first-order chi connectivity index (χ1) is 6.27. The van der Waals surface area contributed by atoms with Crippen LogP contribution in [0.4, 0.5) is 0 Å². The van der Waals surface area contributed by atoms with Crippen molar-refractivity contribution >= 4 is 28.8 Å². The highest BCUT2D eigenvalue weighted by Gasteiger charge is 2.17. The Hall–Kier alpha value is -0.540. The Kier molecular flexibility index (Phi) is 2.56. The highest BCUT2D eigenvalue weighted by molar-refractivity contribution is 7.18. The van der Waals surface area contributed by atoms with Crippen LogP contribution in [-0.2, 0) is 0 Å². The second-order valence-electron chi connectivity index (χ2n) is 3.15. The lowest BCUT2D eigenvalue weighted by molar-refractivity contribution is 0.518. The molecular formula is C9H11ClN2S. The molecule has 0 saturated carbocycles. The smallest absolute Gasteiger partial charge is 0.138 e. The number of nitrogens with one attached hydrogen (secondary N) is 1. The third-order valence-electron chi connectivity index (χ3n) is 2.23. The van der Waals surface area contributed by atoms with Crippen LogP contribution in [0.1, 0.15) is 17.7 Å². The fourth-order valence-electron chi connectivity index (χ4n) is 1.54. The molecule has 1 N–H and O–H groups in total. The molecule has 1 aliphatic heterocycles. The molecule has 1 saturated heterocycles. The molecule has 0 radical (unpaired) electrons. The third kappa shape index (κ3) is 1.86. The van der Waals surface area contributed by atoms with Gasteiger partial charge in [0.05, 0.1) is 9.21 Å².